The van der Waals surface area contributed by atoms with Gasteiger partial charge in [0.15, 0.2) is 0 Å². The first-order valence-corrected chi connectivity index (χ1v) is 9.01. The maximum absolute atomic E-state index is 5.82. The van der Waals surface area contributed by atoms with E-state index in [4.69, 9.17) is 6.42 Å². The Hall–Kier alpha value is -2.52. The van der Waals surface area contributed by atoms with Crippen LogP contribution >= 0.6 is 0 Å². The predicted molar refractivity (Wildman–Crippen MR) is 106 cm³/mol. The summed E-state index contributed by atoms with van der Waals surface area (Å²) in [5.74, 6) is 2.89. The van der Waals surface area contributed by atoms with Gasteiger partial charge >= 0.3 is 0 Å². The van der Waals surface area contributed by atoms with Gasteiger partial charge in [-0.2, -0.15) is 0 Å². The van der Waals surface area contributed by atoms with Crippen molar-refractivity contribution in [2.45, 2.75) is 45.4 Å². The Morgan fingerprint density at radius 1 is 0.800 bits per heavy atom. The van der Waals surface area contributed by atoms with E-state index in [9.17, 15) is 0 Å². The predicted octanol–water partition coefficient (Wildman–Crippen LogP) is 6.08. The first-order valence-electron chi connectivity index (χ1n) is 9.01. The molecule has 0 amide bonds. The van der Waals surface area contributed by atoms with E-state index in [0.29, 0.717) is 0 Å². The second kappa shape index (κ2) is 4.17. The van der Waals surface area contributed by atoms with Crippen LogP contribution in [-0.2, 0) is 10.8 Å². The van der Waals surface area contributed by atoms with E-state index in [1.165, 1.54) is 49.7 Å². The van der Waals surface area contributed by atoms with Crippen molar-refractivity contribution >= 4 is 10.8 Å². The second-order valence-corrected chi connectivity index (χ2v) is 8.68. The van der Waals surface area contributed by atoms with Gasteiger partial charge in [0, 0.05) is 16.4 Å². The maximum Gasteiger partial charge on any atom is 0.0249 e. The van der Waals surface area contributed by atoms with Crippen LogP contribution in [0, 0.1) is 19.3 Å². The van der Waals surface area contributed by atoms with Crippen molar-refractivity contribution in [2.75, 3.05) is 0 Å². The van der Waals surface area contributed by atoms with E-state index in [-0.39, 0.29) is 10.8 Å². The molecule has 3 aromatic carbocycles. The van der Waals surface area contributed by atoms with Crippen molar-refractivity contribution in [3.05, 3.63) is 69.8 Å². The largest absolute Gasteiger partial charge is 0.115 e. The van der Waals surface area contributed by atoms with Crippen LogP contribution < -0.4 is 0 Å². The summed E-state index contributed by atoms with van der Waals surface area (Å²) in [5, 5.41) is 2.84. The highest BCUT2D eigenvalue weighted by Gasteiger charge is 2.45. The van der Waals surface area contributed by atoms with Gasteiger partial charge in [0.25, 0.3) is 0 Å². The van der Waals surface area contributed by atoms with E-state index in [2.05, 4.69) is 76.9 Å². The van der Waals surface area contributed by atoms with Gasteiger partial charge in [0.1, 0.15) is 0 Å². The highest BCUT2D eigenvalue weighted by molar-refractivity contribution is 6.09. The summed E-state index contributed by atoms with van der Waals surface area (Å²) in [6.45, 7) is 11.6. The lowest BCUT2D eigenvalue weighted by Crippen LogP contribution is -2.24. The maximum atomic E-state index is 5.82. The van der Waals surface area contributed by atoms with Crippen molar-refractivity contribution in [2.24, 2.45) is 0 Å². The van der Waals surface area contributed by atoms with Crippen molar-refractivity contribution in [3.63, 3.8) is 0 Å². The number of rotatable bonds is 0. The van der Waals surface area contributed by atoms with Gasteiger partial charge in [-0.1, -0.05) is 57.9 Å². The molecule has 0 nitrogen and oxygen atoms in total. The highest BCUT2D eigenvalue weighted by atomic mass is 14.5. The third-order valence-electron chi connectivity index (χ3n) is 6.62. The summed E-state index contributed by atoms with van der Waals surface area (Å²) in [6.07, 6.45) is 5.82. The Kier molecular flexibility index (Phi) is 2.47. The molecular weight excluding hydrogens is 300 g/mol. The summed E-state index contributed by atoms with van der Waals surface area (Å²) in [5.41, 5.74) is 10.8. The van der Waals surface area contributed by atoms with Gasteiger partial charge in [-0.25, -0.2) is 0 Å². The summed E-state index contributed by atoms with van der Waals surface area (Å²) in [4.78, 5) is 0. The zero-order chi connectivity index (χ0) is 17.7. The molecule has 0 bridgehead atoms. The molecule has 0 heteroatoms. The molecule has 25 heavy (non-hydrogen) atoms. The number of hydrogen-bond donors (Lipinski definition) is 0. The lowest BCUT2D eigenvalue weighted by Gasteiger charge is -2.35. The SMILES string of the molecule is C#Cc1cc2c3c(c1)C(C)(C)c1cccc4c(C)cc(c-3c14)C2(C)C. The molecule has 0 aromatic heterocycles. The fourth-order valence-electron chi connectivity index (χ4n) is 5.20. The molecule has 5 rings (SSSR count). The Balaban J connectivity index is 2.14. The molecule has 0 radical (unpaired) electrons. The Morgan fingerprint density at radius 3 is 2.04 bits per heavy atom. The molecule has 3 aromatic rings. The number of benzene rings is 3. The van der Waals surface area contributed by atoms with Crippen LogP contribution in [0.15, 0.2) is 36.4 Å². The van der Waals surface area contributed by atoms with Crippen LogP contribution in [0.4, 0.5) is 0 Å². The fourth-order valence-corrected chi connectivity index (χ4v) is 5.20. The molecule has 0 unspecified atom stereocenters. The molecule has 0 fully saturated rings. The summed E-state index contributed by atoms with van der Waals surface area (Å²) in [7, 11) is 0. The number of aryl methyl sites for hydroxylation is 1. The normalized spacial score (nSPS) is 17.6. The van der Waals surface area contributed by atoms with Crippen LogP contribution in [-0.4, -0.2) is 0 Å². The lowest BCUT2D eigenvalue weighted by molar-refractivity contribution is 0.639. The van der Waals surface area contributed by atoms with Crippen molar-refractivity contribution in [1.29, 1.82) is 0 Å². The molecule has 0 saturated heterocycles. The van der Waals surface area contributed by atoms with Gasteiger partial charge < -0.3 is 0 Å². The van der Waals surface area contributed by atoms with Gasteiger partial charge in [-0.3, -0.25) is 0 Å². The summed E-state index contributed by atoms with van der Waals surface area (Å²) in [6, 6.07) is 13.7. The van der Waals surface area contributed by atoms with Crippen molar-refractivity contribution < 1.29 is 0 Å². The minimum absolute atomic E-state index is 0.0151. The van der Waals surface area contributed by atoms with E-state index in [1.807, 2.05) is 0 Å². The monoisotopic (exact) mass is 322 g/mol. The van der Waals surface area contributed by atoms with Crippen molar-refractivity contribution in [3.8, 4) is 23.5 Å². The average molecular weight is 322 g/mol. The fraction of sp³-hybridized carbons (Fsp3) is 0.280. The summed E-state index contributed by atoms with van der Waals surface area (Å²) < 4.78 is 0. The van der Waals surface area contributed by atoms with Crippen LogP contribution in [0.1, 0.15) is 61.1 Å². The van der Waals surface area contributed by atoms with Crippen LogP contribution in [0.5, 0.6) is 0 Å². The van der Waals surface area contributed by atoms with E-state index in [0.717, 1.165) is 5.56 Å². The number of hydrogen-bond acceptors (Lipinski definition) is 0. The lowest BCUT2D eigenvalue weighted by atomic mass is 9.68. The Morgan fingerprint density at radius 2 is 1.40 bits per heavy atom. The molecule has 0 heterocycles. The molecule has 0 N–H and O–H groups in total. The zero-order valence-corrected chi connectivity index (χ0v) is 15.5. The average Bonchev–Trinajstić information content (AvgIpc) is 2.81. The number of terminal acetylenes is 1. The van der Waals surface area contributed by atoms with Gasteiger partial charge in [-0.05, 0) is 68.8 Å². The Labute approximate surface area is 149 Å². The minimum Gasteiger partial charge on any atom is -0.115 e. The van der Waals surface area contributed by atoms with Gasteiger partial charge in [-0.15, -0.1) is 6.42 Å². The van der Waals surface area contributed by atoms with Crippen LogP contribution in [0.2, 0.25) is 0 Å². The molecule has 122 valence electrons. The quantitative estimate of drug-likeness (QED) is 0.440. The molecule has 0 aliphatic heterocycles. The van der Waals surface area contributed by atoms with E-state index in [1.54, 1.807) is 0 Å². The summed E-state index contributed by atoms with van der Waals surface area (Å²) >= 11 is 0. The molecule has 0 atom stereocenters. The Bertz CT molecular complexity index is 1150. The third kappa shape index (κ3) is 1.51. The van der Waals surface area contributed by atoms with Crippen LogP contribution in [0.3, 0.4) is 0 Å². The van der Waals surface area contributed by atoms with Gasteiger partial charge in [0.2, 0.25) is 0 Å². The van der Waals surface area contributed by atoms with Crippen molar-refractivity contribution in [1.82, 2.24) is 0 Å². The minimum atomic E-state index is -0.0467. The first-order chi connectivity index (χ1) is 11.8. The first kappa shape index (κ1) is 14.8. The smallest absolute Gasteiger partial charge is 0.0249 e. The highest BCUT2D eigenvalue weighted by Crippen LogP contribution is 2.59. The molecular formula is C25H22. The molecule has 0 saturated carbocycles. The van der Waals surface area contributed by atoms with Gasteiger partial charge in [0.05, 0.1) is 0 Å². The van der Waals surface area contributed by atoms with E-state index < -0.39 is 0 Å². The molecule has 2 aliphatic carbocycles. The van der Waals surface area contributed by atoms with Crippen LogP contribution in [0.25, 0.3) is 21.9 Å². The standard InChI is InChI=1S/C25H22/c1-7-15-12-19-22-20(13-15)25(5,6)18-11-14(2)16-9-8-10-17(24(19,3)4)21(16)23(18)22/h1,8-13H,2-6H3. The second-order valence-electron chi connectivity index (χ2n) is 8.68. The topological polar surface area (TPSA) is 0 Å². The third-order valence-corrected chi connectivity index (χ3v) is 6.62. The molecule has 0 spiro atoms. The zero-order valence-electron chi connectivity index (χ0n) is 15.5. The van der Waals surface area contributed by atoms with E-state index >= 15 is 0 Å². The molecule has 2 aliphatic rings.